The lowest BCUT2D eigenvalue weighted by molar-refractivity contribution is 0.0526. The number of aryl methyl sites for hydroxylation is 1. The molecule has 10 heteroatoms. The summed E-state index contributed by atoms with van der Waals surface area (Å²) >= 11 is 12.3. The van der Waals surface area contributed by atoms with Gasteiger partial charge in [-0.1, -0.05) is 35.3 Å². The molecule has 2 N–H and O–H groups in total. The van der Waals surface area contributed by atoms with Gasteiger partial charge in [-0.2, -0.15) is 0 Å². The SMILES string of the molecule is CCOC(=O)c1ccc(NC(=O)c2ccc(Cl)c(S(=O)(=O)Nc3cccc(C)c3)c2)cc1Cl. The molecule has 0 bridgehead atoms. The number of anilines is 2. The molecule has 0 saturated heterocycles. The van der Waals surface area contributed by atoms with Crippen molar-refractivity contribution in [2.75, 3.05) is 16.6 Å². The summed E-state index contributed by atoms with van der Waals surface area (Å²) in [6.45, 7) is 3.72. The number of carbonyl (C=O) groups is 2. The molecule has 3 aromatic carbocycles. The first-order chi connectivity index (χ1) is 15.6. The van der Waals surface area contributed by atoms with E-state index in [0.717, 1.165) is 5.56 Å². The van der Waals surface area contributed by atoms with Crippen LogP contribution in [-0.2, 0) is 14.8 Å². The number of halogens is 2. The number of amides is 1. The van der Waals surface area contributed by atoms with Gasteiger partial charge in [-0.15, -0.1) is 0 Å². The van der Waals surface area contributed by atoms with Crippen LogP contribution in [0.1, 0.15) is 33.2 Å². The highest BCUT2D eigenvalue weighted by Crippen LogP contribution is 2.27. The largest absolute Gasteiger partial charge is 0.462 e. The maximum atomic E-state index is 12.9. The summed E-state index contributed by atoms with van der Waals surface area (Å²) in [5.41, 5.74) is 1.79. The van der Waals surface area contributed by atoms with E-state index in [9.17, 15) is 18.0 Å². The minimum atomic E-state index is -4.05. The van der Waals surface area contributed by atoms with Gasteiger partial charge < -0.3 is 10.1 Å². The monoisotopic (exact) mass is 506 g/mol. The molecule has 0 unspecified atom stereocenters. The molecule has 0 aromatic heterocycles. The van der Waals surface area contributed by atoms with E-state index in [1.165, 1.54) is 36.4 Å². The number of carbonyl (C=O) groups excluding carboxylic acids is 2. The van der Waals surface area contributed by atoms with Crippen LogP contribution < -0.4 is 10.0 Å². The van der Waals surface area contributed by atoms with Crippen LogP contribution in [-0.4, -0.2) is 26.9 Å². The number of hydrogen-bond acceptors (Lipinski definition) is 5. The molecule has 3 aromatic rings. The van der Waals surface area contributed by atoms with Gasteiger partial charge in [0.1, 0.15) is 4.90 Å². The summed E-state index contributed by atoms with van der Waals surface area (Å²) < 4.78 is 33.1. The van der Waals surface area contributed by atoms with Crippen molar-refractivity contribution >= 4 is 56.5 Å². The van der Waals surface area contributed by atoms with E-state index in [1.54, 1.807) is 25.1 Å². The fraction of sp³-hybridized carbons (Fsp3) is 0.130. The maximum absolute atomic E-state index is 12.9. The van der Waals surface area contributed by atoms with Crippen molar-refractivity contribution in [2.45, 2.75) is 18.7 Å². The van der Waals surface area contributed by atoms with Gasteiger partial charge in [0, 0.05) is 16.9 Å². The zero-order valence-corrected chi connectivity index (χ0v) is 20.0. The lowest BCUT2D eigenvalue weighted by Crippen LogP contribution is -2.16. The molecule has 0 atom stereocenters. The second-order valence-corrected chi connectivity index (χ2v) is 9.45. The molecule has 0 fully saturated rings. The van der Waals surface area contributed by atoms with E-state index in [1.807, 2.05) is 13.0 Å². The van der Waals surface area contributed by atoms with Crippen molar-refractivity contribution in [3.05, 3.63) is 87.4 Å². The Hall–Kier alpha value is -3.07. The molecule has 1 amide bonds. The van der Waals surface area contributed by atoms with Crippen molar-refractivity contribution in [3.8, 4) is 0 Å². The molecule has 0 heterocycles. The van der Waals surface area contributed by atoms with Gasteiger partial charge in [0.25, 0.3) is 15.9 Å². The minimum Gasteiger partial charge on any atom is -0.462 e. The smallest absolute Gasteiger partial charge is 0.339 e. The summed E-state index contributed by atoms with van der Waals surface area (Å²) in [5.74, 6) is -1.16. The van der Waals surface area contributed by atoms with E-state index >= 15 is 0 Å². The average Bonchev–Trinajstić information content (AvgIpc) is 2.73. The predicted octanol–water partition coefficient (Wildman–Crippen LogP) is 5.53. The molecular weight excluding hydrogens is 487 g/mol. The van der Waals surface area contributed by atoms with Crippen molar-refractivity contribution in [1.82, 2.24) is 0 Å². The Bertz CT molecular complexity index is 1330. The summed E-state index contributed by atoms with van der Waals surface area (Å²) in [4.78, 5) is 24.4. The third kappa shape index (κ3) is 6.04. The fourth-order valence-electron chi connectivity index (χ4n) is 2.94. The fourth-order valence-corrected chi connectivity index (χ4v) is 4.77. The van der Waals surface area contributed by atoms with E-state index in [2.05, 4.69) is 10.0 Å². The van der Waals surface area contributed by atoms with Gasteiger partial charge >= 0.3 is 5.97 Å². The van der Waals surface area contributed by atoms with E-state index in [-0.39, 0.29) is 32.7 Å². The summed E-state index contributed by atoms with van der Waals surface area (Å²) in [6.07, 6.45) is 0. The van der Waals surface area contributed by atoms with Crippen molar-refractivity contribution in [1.29, 1.82) is 0 Å². The Morgan fingerprint density at radius 1 is 0.939 bits per heavy atom. The summed E-state index contributed by atoms with van der Waals surface area (Å²) in [7, 11) is -4.05. The molecular formula is C23H20Cl2N2O5S. The third-order valence-corrected chi connectivity index (χ3v) is 6.65. The van der Waals surface area contributed by atoms with Crippen LogP contribution in [0.4, 0.5) is 11.4 Å². The maximum Gasteiger partial charge on any atom is 0.339 e. The van der Waals surface area contributed by atoms with E-state index in [4.69, 9.17) is 27.9 Å². The highest BCUT2D eigenvalue weighted by atomic mass is 35.5. The number of hydrogen-bond donors (Lipinski definition) is 2. The van der Waals surface area contributed by atoms with Gasteiger partial charge in [-0.3, -0.25) is 9.52 Å². The Morgan fingerprint density at radius 2 is 1.70 bits per heavy atom. The van der Waals surface area contributed by atoms with E-state index < -0.39 is 21.9 Å². The van der Waals surface area contributed by atoms with Gasteiger partial charge in [0.05, 0.1) is 22.2 Å². The minimum absolute atomic E-state index is 0.0338. The van der Waals surface area contributed by atoms with Gasteiger partial charge in [-0.05, 0) is 67.9 Å². The molecule has 0 spiro atoms. The average molecular weight is 507 g/mol. The van der Waals surface area contributed by atoms with Crippen molar-refractivity contribution < 1.29 is 22.7 Å². The second kappa shape index (κ2) is 10.2. The van der Waals surface area contributed by atoms with Crippen LogP contribution in [0.25, 0.3) is 0 Å². The summed E-state index contributed by atoms with van der Waals surface area (Å²) in [5, 5.41) is 2.69. The van der Waals surface area contributed by atoms with E-state index in [0.29, 0.717) is 11.4 Å². The lowest BCUT2D eigenvalue weighted by Gasteiger charge is -2.12. The second-order valence-electron chi connectivity index (χ2n) is 6.99. The first kappa shape index (κ1) is 24.6. The molecule has 0 aliphatic rings. The highest BCUT2D eigenvalue weighted by Gasteiger charge is 2.21. The number of nitrogens with one attached hydrogen (secondary N) is 2. The first-order valence-corrected chi connectivity index (χ1v) is 12.0. The predicted molar refractivity (Wildman–Crippen MR) is 129 cm³/mol. The molecule has 3 rings (SSSR count). The summed E-state index contributed by atoms with van der Waals surface area (Å²) in [6, 6.07) is 15.1. The zero-order chi connectivity index (χ0) is 24.2. The molecule has 7 nitrogen and oxygen atoms in total. The van der Waals surface area contributed by atoms with Gasteiger partial charge in [0.15, 0.2) is 0 Å². The highest BCUT2D eigenvalue weighted by molar-refractivity contribution is 7.92. The molecule has 33 heavy (non-hydrogen) atoms. The van der Waals surface area contributed by atoms with Crippen LogP contribution in [0.3, 0.4) is 0 Å². The Balaban J connectivity index is 1.83. The first-order valence-electron chi connectivity index (χ1n) is 9.78. The standard InChI is InChI=1S/C23H20Cl2N2O5S/c1-3-32-23(29)18-9-8-16(13-20(18)25)26-22(28)15-7-10-19(24)21(12-15)33(30,31)27-17-6-4-5-14(2)11-17/h4-13,27H,3H2,1-2H3,(H,26,28). The molecule has 0 aliphatic heterocycles. The van der Waals surface area contributed by atoms with Crippen LogP contribution in [0.2, 0.25) is 10.0 Å². The van der Waals surface area contributed by atoms with Gasteiger partial charge in [-0.25, -0.2) is 13.2 Å². The van der Waals surface area contributed by atoms with Crippen molar-refractivity contribution in [3.63, 3.8) is 0 Å². The zero-order valence-electron chi connectivity index (χ0n) is 17.7. The number of sulfonamides is 1. The molecule has 0 aliphatic carbocycles. The molecule has 0 saturated carbocycles. The molecule has 0 radical (unpaired) electrons. The van der Waals surface area contributed by atoms with Crippen LogP contribution in [0.5, 0.6) is 0 Å². The Labute approximate surface area is 201 Å². The number of benzene rings is 3. The number of rotatable bonds is 7. The normalized spacial score (nSPS) is 11.0. The molecule has 172 valence electrons. The van der Waals surface area contributed by atoms with Crippen LogP contribution >= 0.6 is 23.2 Å². The lowest BCUT2D eigenvalue weighted by atomic mass is 10.2. The third-order valence-electron chi connectivity index (χ3n) is 4.48. The Morgan fingerprint density at radius 3 is 2.36 bits per heavy atom. The number of esters is 1. The Kier molecular flexibility index (Phi) is 7.63. The quantitative estimate of drug-likeness (QED) is 0.410. The van der Waals surface area contributed by atoms with Crippen molar-refractivity contribution in [2.24, 2.45) is 0 Å². The van der Waals surface area contributed by atoms with Crippen LogP contribution in [0.15, 0.2) is 65.6 Å². The van der Waals surface area contributed by atoms with Gasteiger partial charge in [0.2, 0.25) is 0 Å². The topological polar surface area (TPSA) is 102 Å². The number of ether oxygens (including phenoxy) is 1. The van der Waals surface area contributed by atoms with Crippen LogP contribution in [0, 0.1) is 6.92 Å².